The second-order valence-corrected chi connectivity index (χ2v) is 9.18. The average Bonchev–Trinajstić information content (AvgIpc) is 3.29. The Morgan fingerprint density at radius 3 is 2.59 bits per heavy atom. The number of aliphatic hydroxyl groups excluding tert-OH is 1. The molecule has 1 aliphatic carbocycles. The van der Waals surface area contributed by atoms with Crippen molar-refractivity contribution in [1.82, 2.24) is 10.6 Å². The smallest absolute Gasteiger partial charge is 0.217 e. The molecular formula is C26H32F2N2O4. The van der Waals surface area contributed by atoms with Crippen LogP contribution in [0.15, 0.2) is 36.4 Å². The summed E-state index contributed by atoms with van der Waals surface area (Å²) in [4.78, 5) is 11.7. The summed E-state index contributed by atoms with van der Waals surface area (Å²) in [5.41, 5.74) is 1.33. The van der Waals surface area contributed by atoms with E-state index in [0.29, 0.717) is 18.6 Å². The van der Waals surface area contributed by atoms with Gasteiger partial charge >= 0.3 is 0 Å². The van der Waals surface area contributed by atoms with E-state index < -0.39 is 23.8 Å². The lowest BCUT2D eigenvalue weighted by Crippen LogP contribution is -2.48. The Morgan fingerprint density at radius 1 is 1.15 bits per heavy atom. The van der Waals surface area contributed by atoms with E-state index in [-0.39, 0.29) is 31.0 Å². The first-order valence-electron chi connectivity index (χ1n) is 11.9. The van der Waals surface area contributed by atoms with Crippen molar-refractivity contribution in [2.45, 2.75) is 69.7 Å². The third kappa shape index (κ3) is 6.45. The highest BCUT2D eigenvalue weighted by Gasteiger charge is 2.26. The van der Waals surface area contributed by atoms with Crippen LogP contribution in [0.3, 0.4) is 0 Å². The van der Waals surface area contributed by atoms with Crippen molar-refractivity contribution < 1.29 is 28.2 Å². The fourth-order valence-electron chi connectivity index (χ4n) is 4.79. The van der Waals surface area contributed by atoms with Crippen molar-refractivity contribution in [2.24, 2.45) is 0 Å². The third-order valence-electron chi connectivity index (χ3n) is 6.43. The first-order valence-corrected chi connectivity index (χ1v) is 11.9. The Labute approximate surface area is 198 Å². The lowest BCUT2D eigenvalue weighted by molar-refractivity contribution is -0.120. The summed E-state index contributed by atoms with van der Waals surface area (Å²) in [6.07, 6.45) is 4.62. The Bertz CT molecular complexity index is 977. The van der Waals surface area contributed by atoms with Gasteiger partial charge in [0.25, 0.3) is 0 Å². The van der Waals surface area contributed by atoms with Gasteiger partial charge in [0.1, 0.15) is 23.1 Å². The molecule has 8 heteroatoms. The minimum Gasteiger partial charge on any atom is -0.493 e. The topological polar surface area (TPSA) is 79.8 Å². The highest BCUT2D eigenvalue weighted by atomic mass is 19.1. The summed E-state index contributed by atoms with van der Waals surface area (Å²) >= 11 is 0. The lowest BCUT2D eigenvalue weighted by Gasteiger charge is -2.30. The Morgan fingerprint density at radius 2 is 1.88 bits per heavy atom. The van der Waals surface area contributed by atoms with Gasteiger partial charge in [-0.15, -0.1) is 0 Å². The fourth-order valence-corrected chi connectivity index (χ4v) is 4.79. The molecule has 4 rings (SSSR count). The van der Waals surface area contributed by atoms with E-state index in [1.807, 2.05) is 18.2 Å². The predicted octanol–water partition coefficient (Wildman–Crippen LogP) is 3.81. The SMILES string of the molecule is CC(=O)N[C@@H](Cc1cc(F)cc(F)c1)[C@H](O)CN[C@H]1CCOc2ccc(OC3CCCC3)cc21. The van der Waals surface area contributed by atoms with Crippen LogP contribution in [0.4, 0.5) is 8.78 Å². The molecule has 3 N–H and O–H groups in total. The minimum absolute atomic E-state index is 0.0601. The number of ether oxygens (including phenoxy) is 2. The molecule has 2 aliphatic rings. The number of fused-ring (bicyclic) bond motifs is 1. The molecule has 1 aliphatic heterocycles. The van der Waals surface area contributed by atoms with E-state index in [1.54, 1.807) is 0 Å². The highest BCUT2D eigenvalue weighted by Crippen LogP contribution is 2.36. The maximum atomic E-state index is 13.6. The summed E-state index contributed by atoms with van der Waals surface area (Å²) < 4.78 is 39.2. The summed E-state index contributed by atoms with van der Waals surface area (Å²) in [6.45, 7) is 2.07. The van der Waals surface area contributed by atoms with Crippen LogP contribution >= 0.6 is 0 Å². The molecule has 2 aromatic carbocycles. The number of benzene rings is 2. The van der Waals surface area contributed by atoms with Crippen LogP contribution in [0, 0.1) is 11.6 Å². The van der Waals surface area contributed by atoms with Crippen LogP contribution in [0.2, 0.25) is 0 Å². The zero-order valence-corrected chi connectivity index (χ0v) is 19.4. The predicted molar refractivity (Wildman–Crippen MR) is 124 cm³/mol. The van der Waals surface area contributed by atoms with Crippen LogP contribution in [0.25, 0.3) is 0 Å². The monoisotopic (exact) mass is 474 g/mol. The first-order chi connectivity index (χ1) is 16.4. The molecule has 3 atom stereocenters. The molecule has 1 heterocycles. The Balaban J connectivity index is 1.42. The van der Waals surface area contributed by atoms with E-state index in [0.717, 1.165) is 36.0 Å². The van der Waals surface area contributed by atoms with Crippen molar-refractivity contribution in [3.05, 3.63) is 59.2 Å². The molecule has 0 unspecified atom stereocenters. The number of carbonyl (C=O) groups excluding carboxylic acids is 1. The van der Waals surface area contributed by atoms with Crippen molar-refractivity contribution in [2.75, 3.05) is 13.2 Å². The quantitative estimate of drug-likeness (QED) is 0.515. The molecule has 0 saturated heterocycles. The number of amides is 1. The molecule has 0 bridgehead atoms. The second-order valence-electron chi connectivity index (χ2n) is 9.18. The average molecular weight is 475 g/mol. The first kappa shape index (κ1) is 24.4. The van der Waals surface area contributed by atoms with Gasteiger partial charge in [-0.3, -0.25) is 4.79 Å². The summed E-state index contributed by atoms with van der Waals surface area (Å²) in [6, 6.07) is 8.29. The van der Waals surface area contributed by atoms with Gasteiger partial charge in [-0.05, 0) is 68.0 Å². The number of rotatable bonds is 9. The van der Waals surface area contributed by atoms with Crippen molar-refractivity contribution in [3.63, 3.8) is 0 Å². The number of halogens is 2. The van der Waals surface area contributed by atoms with Gasteiger partial charge in [0.05, 0.1) is 24.9 Å². The van der Waals surface area contributed by atoms with E-state index in [1.165, 1.54) is 31.9 Å². The number of hydrogen-bond donors (Lipinski definition) is 3. The molecule has 1 amide bonds. The van der Waals surface area contributed by atoms with Crippen molar-refractivity contribution in [3.8, 4) is 11.5 Å². The zero-order chi connectivity index (χ0) is 24.1. The Kier molecular flexibility index (Phi) is 8.00. The van der Waals surface area contributed by atoms with Crippen LogP contribution < -0.4 is 20.1 Å². The summed E-state index contributed by atoms with van der Waals surface area (Å²) in [5, 5.41) is 16.9. The lowest BCUT2D eigenvalue weighted by atomic mass is 9.98. The van der Waals surface area contributed by atoms with E-state index in [4.69, 9.17) is 9.47 Å². The maximum Gasteiger partial charge on any atom is 0.217 e. The molecule has 6 nitrogen and oxygen atoms in total. The van der Waals surface area contributed by atoms with Gasteiger partial charge < -0.3 is 25.2 Å². The molecule has 184 valence electrons. The van der Waals surface area contributed by atoms with Crippen LogP contribution in [0.1, 0.15) is 56.2 Å². The number of nitrogens with one attached hydrogen (secondary N) is 2. The minimum atomic E-state index is -0.973. The normalized spacial score (nSPS) is 19.7. The second kappa shape index (κ2) is 11.1. The third-order valence-corrected chi connectivity index (χ3v) is 6.43. The number of carbonyl (C=O) groups is 1. The van der Waals surface area contributed by atoms with Gasteiger partial charge in [-0.25, -0.2) is 8.78 Å². The van der Waals surface area contributed by atoms with Gasteiger partial charge in [0.15, 0.2) is 0 Å². The largest absolute Gasteiger partial charge is 0.493 e. The molecule has 34 heavy (non-hydrogen) atoms. The molecule has 0 spiro atoms. The number of aliphatic hydroxyl groups is 1. The van der Waals surface area contributed by atoms with Crippen LogP contribution in [-0.2, 0) is 11.2 Å². The van der Waals surface area contributed by atoms with Gasteiger partial charge in [0.2, 0.25) is 5.91 Å². The van der Waals surface area contributed by atoms with Gasteiger partial charge in [-0.2, -0.15) is 0 Å². The molecule has 0 aromatic heterocycles. The molecule has 2 aromatic rings. The molecule has 1 saturated carbocycles. The van der Waals surface area contributed by atoms with E-state index in [2.05, 4.69) is 10.6 Å². The van der Waals surface area contributed by atoms with Crippen molar-refractivity contribution >= 4 is 5.91 Å². The van der Waals surface area contributed by atoms with E-state index in [9.17, 15) is 18.7 Å². The Hall–Kier alpha value is -2.71. The molecular weight excluding hydrogens is 442 g/mol. The van der Waals surface area contributed by atoms with Gasteiger partial charge in [-0.1, -0.05) is 0 Å². The molecule has 0 radical (unpaired) electrons. The highest BCUT2D eigenvalue weighted by molar-refractivity contribution is 5.73. The van der Waals surface area contributed by atoms with E-state index >= 15 is 0 Å². The number of hydrogen-bond acceptors (Lipinski definition) is 5. The zero-order valence-electron chi connectivity index (χ0n) is 19.4. The van der Waals surface area contributed by atoms with Crippen LogP contribution in [-0.4, -0.2) is 42.4 Å². The standard InChI is InChI=1S/C26H32F2N2O4/c1-16(31)30-24(12-17-10-18(27)13-19(28)11-17)25(32)15-29-23-8-9-33-26-7-6-21(14-22(23)26)34-20-4-2-3-5-20/h6-7,10-11,13-14,20,23-25,29,32H,2-5,8-9,12,15H2,1H3,(H,30,31)/t23-,24-,25+/m0/s1. The maximum absolute atomic E-state index is 13.6. The van der Waals surface area contributed by atoms with Gasteiger partial charge in [0, 0.05) is 37.6 Å². The molecule has 1 fully saturated rings. The summed E-state index contributed by atoms with van der Waals surface area (Å²) in [5.74, 6) is -0.123. The van der Waals surface area contributed by atoms with Crippen LogP contribution in [0.5, 0.6) is 11.5 Å². The summed E-state index contributed by atoms with van der Waals surface area (Å²) in [7, 11) is 0. The fraction of sp³-hybridized carbons (Fsp3) is 0.500. The van der Waals surface area contributed by atoms with Crippen molar-refractivity contribution in [1.29, 1.82) is 0 Å².